The van der Waals surface area contributed by atoms with Crippen LogP contribution in [0.2, 0.25) is 0 Å². The largest absolute Gasteiger partial charge is 0.489 e. The molecule has 0 atom stereocenters. The van der Waals surface area contributed by atoms with Crippen LogP contribution in [0.15, 0.2) is 107 Å². The molecule has 8 heteroatoms. The number of nitrogens with zero attached hydrogens (tertiary/aromatic N) is 1. The standard InChI is InChI=1S/C32H25BrN2O5/c1-21-2-4-23(5-3-21)19-40-28-16-12-26(13-17-28)35-31(37)29(30(36)34-32(35)38)18-22-8-14-27(15-9-22)39-20-24-6-10-25(33)11-7-24/h2-18H,19-20H2,1H3,(H,34,36,38)/b29-18+. The third kappa shape index (κ3) is 6.47. The minimum Gasteiger partial charge on any atom is -0.489 e. The van der Waals surface area contributed by atoms with Crippen molar-refractivity contribution >= 4 is 45.5 Å². The first-order valence-electron chi connectivity index (χ1n) is 12.5. The van der Waals surface area contributed by atoms with Gasteiger partial charge < -0.3 is 9.47 Å². The number of carbonyl (C=O) groups excluding carboxylic acids is 3. The number of anilines is 1. The first-order valence-corrected chi connectivity index (χ1v) is 13.3. The van der Waals surface area contributed by atoms with E-state index in [1.54, 1.807) is 48.5 Å². The second-order valence-electron chi connectivity index (χ2n) is 9.21. The van der Waals surface area contributed by atoms with Gasteiger partial charge in [-0.3, -0.25) is 14.9 Å². The maximum Gasteiger partial charge on any atom is 0.335 e. The number of imide groups is 2. The molecule has 1 saturated heterocycles. The summed E-state index contributed by atoms with van der Waals surface area (Å²) in [5.74, 6) is -0.230. The first-order chi connectivity index (χ1) is 19.4. The summed E-state index contributed by atoms with van der Waals surface area (Å²) in [6, 6.07) is 28.6. The number of amides is 4. The zero-order valence-corrected chi connectivity index (χ0v) is 23.2. The molecule has 5 rings (SSSR count). The van der Waals surface area contributed by atoms with Crippen molar-refractivity contribution in [2.45, 2.75) is 20.1 Å². The molecule has 4 aromatic rings. The Bertz CT molecular complexity index is 1560. The van der Waals surface area contributed by atoms with E-state index in [9.17, 15) is 14.4 Å². The summed E-state index contributed by atoms with van der Waals surface area (Å²) in [4.78, 5) is 39.3. The summed E-state index contributed by atoms with van der Waals surface area (Å²) in [6.45, 7) is 2.81. The minimum atomic E-state index is -0.808. The Morgan fingerprint density at radius 1 is 0.725 bits per heavy atom. The van der Waals surface area contributed by atoms with Crippen LogP contribution in [0, 0.1) is 6.92 Å². The molecule has 1 fully saturated rings. The van der Waals surface area contributed by atoms with Crippen molar-refractivity contribution in [2.24, 2.45) is 0 Å². The zero-order chi connectivity index (χ0) is 28.1. The smallest absolute Gasteiger partial charge is 0.335 e. The number of hydrogen-bond acceptors (Lipinski definition) is 5. The molecule has 1 N–H and O–H groups in total. The van der Waals surface area contributed by atoms with E-state index in [0.717, 1.165) is 20.5 Å². The molecule has 1 aliphatic heterocycles. The number of aryl methyl sites for hydroxylation is 1. The van der Waals surface area contributed by atoms with E-state index in [-0.39, 0.29) is 5.57 Å². The highest BCUT2D eigenvalue weighted by Gasteiger charge is 2.36. The average Bonchev–Trinajstić information content (AvgIpc) is 2.96. The number of halogens is 1. The average molecular weight is 597 g/mol. The molecule has 200 valence electrons. The molecule has 7 nitrogen and oxygen atoms in total. The summed E-state index contributed by atoms with van der Waals surface area (Å²) in [5, 5.41) is 2.25. The molecule has 0 radical (unpaired) electrons. The molecule has 4 amide bonds. The molecular formula is C32H25BrN2O5. The Hall–Kier alpha value is -4.69. The van der Waals surface area contributed by atoms with E-state index in [1.165, 1.54) is 11.6 Å². The molecule has 1 heterocycles. The van der Waals surface area contributed by atoms with E-state index in [2.05, 4.69) is 21.2 Å². The van der Waals surface area contributed by atoms with Crippen molar-refractivity contribution in [1.29, 1.82) is 0 Å². The summed E-state index contributed by atoms with van der Waals surface area (Å²) >= 11 is 3.41. The van der Waals surface area contributed by atoms with Crippen LogP contribution in [-0.2, 0) is 22.8 Å². The van der Waals surface area contributed by atoms with Gasteiger partial charge in [-0.1, -0.05) is 70.0 Å². The predicted octanol–water partition coefficient (Wildman–Crippen LogP) is 6.58. The summed E-state index contributed by atoms with van der Waals surface area (Å²) < 4.78 is 12.6. The van der Waals surface area contributed by atoms with Gasteiger partial charge in [0.1, 0.15) is 30.3 Å². The van der Waals surface area contributed by atoms with Gasteiger partial charge in [-0.05, 0) is 78.2 Å². The highest BCUT2D eigenvalue weighted by Crippen LogP contribution is 2.25. The lowest BCUT2D eigenvalue weighted by molar-refractivity contribution is -0.122. The number of hydrogen-bond donors (Lipinski definition) is 1. The maximum absolute atomic E-state index is 13.2. The molecule has 0 aliphatic carbocycles. The number of barbiturate groups is 1. The van der Waals surface area contributed by atoms with Crippen LogP contribution in [0.4, 0.5) is 10.5 Å². The lowest BCUT2D eigenvalue weighted by Crippen LogP contribution is -2.54. The predicted molar refractivity (Wildman–Crippen MR) is 156 cm³/mol. The van der Waals surface area contributed by atoms with Gasteiger partial charge in [-0.25, -0.2) is 9.69 Å². The summed E-state index contributed by atoms with van der Waals surface area (Å²) in [7, 11) is 0. The second-order valence-corrected chi connectivity index (χ2v) is 10.1. The molecule has 0 aromatic heterocycles. The van der Waals surface area contributed by atoms with Crippen LogP contribution < -0.4 is 19.7 Å². The van der Waals surface area contributed by atoms with Crippen LogP contribution in [0.25, 0.3) is 6.08 Å². The van der Waals surface area contributed by atoms with Crippen molar-refractivity contribution in [1.82, 2.24) is 5.32 Å². The Morgan fingerprint density at radius 2 is 1.25 bits per heavy atom. The van der Waals surface area contributed by atoms with Crippen LogP contribution >= 0.6 is 15.9 Å². The van der Waals surface area contributed by atoms with E-state index in [4.69, 9.17) is 9.47 Å². The number of nitrogens with one attached hydrogen (secondary N) is 1. The van der Waals surface area contributed by atoms with Crippen molar-refractivity contribution in [2.75, 3.05) is 4.90 Å². The van der Waals surface area contributed by atoms with Crippen molar-refractivity contribution in [3.05, 3.63) is 129 Å². The maximum atomic E-state index is 13.2. The van der Waals surface area contributed by atoms with Crippen LogP contribution in [-0.4, -0.2) is 17.8 Å². The molecule has 1 aliphatic rings. The summed E-state index contributed by atoms with van der Waals surface area (Å²) in [6.07, 6.45) is 1.45. The monoisotopic (exact) mass is 596 g/mol. The number of carbonyl (C=O) groups is 3. The fourth-order valence-corrected chi connectivity index (χ4v) is 4.27. The van der Waals surface area contributed by atoms with Gasteiger partial charge in [0.15, 0.2) is 0 Å². The lowest BCUT2D eigenvalue weighted by Gasteiger charge is -2.26. The number of rotatable bonds is 8. The summed E-state index contributed by atoms with van der Waals surface area (Å²) in [5.41, 5.74) is 4.00. The number of urea groups is 1. The fourth-order valence-electron chi connectivity index (χ4n) is 4.01. The van der Waals surface area contributed by atoms with E-state index >= 15 is 0 Å². The van der Waals surface area contributed by atoms with Crippen molar-refractivity contribution < 1.29 is 23.9 Å². The van der Waals surface area contributed by atoms with E-state index in [0.29, 0.717) is 36.0 Å². The molecule has 4 aromatic carbocycles. The van der Waals surface area contributed by atoms with Crippen LogP contribution in [0.1, 0.15) is 22.3 Å². The zero-order valence-electron chi connectivity index (χ0n) is 21.6. The topological polar surface area (TPSA) is 84.9 Å². The van der Waals surface area contributed by atoms with Gasteiger partial charge in [-0.15, -0.1) is 0 Å². The van der Waals surface area contributed by atoms with E-state index in [1.807, 2.05) is 55.5 Å². The van der Waals surface area contributed by atoms with Crippen LogP contribution in [0.5, 0.6) is 11.5 Å². The van der Waals surface area contributed by atoms with Crippen molar-refractivity contribution in [3.8, 4) is 11.5 Å². The molecule has 0 saturated carbocycles. The second kappa shape index (κ2) is 12.0. The van der Waals surface area contributed by atoms with Gasteiger partial charge >= 0.3 is 6.03 Å². The molecule has 0 unspecified atom stereocenters. The van der Waals surface area contributed by atoms with Crippen molar-refractivity contribution in [3.63, 3.8) is 0 Å². The fraction of sp³-hybridized carbons (Fsp3) is 0.0938. The Balaban J connectivity index is 1.25. The SMILES string of the molecule is Cc1ccc(COc2ccc(N3C(=O)NC(=O)/C(=C\c4ccc(OCc5ccc(Br)cc5)cc4)C3=O)cc2)cc1. The quantitative estimate of drug-likeness (QED) is 0.183. The first kappa shape index (κ1) is 26.9. The number of ether oxygens (including phenoxy) is 2. The minimum absolute atomic E-state index is 0.150. The van der Waals surface area contributed by atoms with E-state index < -0.39 is 17.8 Å². The van der Waals surface area contributed by atoms with Gasteiger partial charge in [0.05, 0.1) is 5.69 Å². The van der Waals surface area contributed by atoms with Gasteiger partial charge in [0, 0.05) is 4.47 Å². The Labute approximate surface area is 240 Å². The van der Waals surface area contributed by atoms with Gasteiger partial charge in [-0.2, -0.15) is 0 Å². The highest BCUT2D eigenvalue weighted by atomic mass is 79.9. The Morgan fingerprint density at radius 3 is 1.82 bits per heavy atom. The molecular weight excluding hydrogens is 572 g/mol. The third-order valence-corrected chi connectivity index (χ3v) is 6.76. The normalized spacial score (nSPS) is 14.3. The highest BCUT2D eigenvalue weighted by molar-refractivity contribution is 9.10. The number of benzene rings is 4. The van der Waals surface area contributed by atoms with Gasteiger partial charge in [0.2, 0.25) is 0 Å². The van der Waals surface area contributed by atoms with Gasteiger partial charge in [0.25, 0.3) is 11.8 Å². The van der Waals surface area contributed by atoms with Crippen LogP contribution in [0.3, 0.4) is 0 Å². The third-order valence-electron chi connectivity index (χ3n) is 6.23. The Kier molecular flexibility index (Phi) is 8.07. The molecule has 40 heavy (non-hydrogen) atoms. The lowest BCUT2D eigenvalue weighted by atomic mass is 10.1. The molecule has 0 bridgehead atoms. The molecule has 0 spiro atoms.